The third-order valence-electron chi connectivity index (χ3n) is 4.81. The Bertz CT molecular complexity index is 613. The first-order valence-electron chi connectivity index (χ1n) is 7.37. The molecule has 104 valence electrons. The fourth-order valence-electron chi connectivity index (χ4n) is 3.63. The molecular weight excluding hydrogens is 248 g/mol. The van der Waals surface area contributed by atoms with Gasteiger partial charge >= 0.3 is 0 Å². The van der Waals surface area contributed by atoms with Crippen molar-refractivity contribution in [1.29, 1.82) is 0 Å². The Morgan fingerprint density at radius 2 is 2.00 bits per heavy atom. The molecule has 4 heterocycles. The van der Waals surface area contributed by atoms with Crippen LogP contribution in [-0.4, -0.2) is 53.5 Å². The highest BCUT2D eigenvalue weighted by molar-refractivity contribution is 5.85. The molecule has 20 heavy (non-hydrogen) atoms. The first kappa shape index (κ1) is 12.3. The van der Waals surface area contributed by atoms with Crippen molar-refractivity contribution in [3.63, 3.8) is 0 Å². The largest absolute Gasteiger partial charge is 0.323 e. The van der Waals surface area contributed by atoms with Crippen molar-refractivity contribution in [2.45, 2.75) is 12.1 Å². The lowest BCUT2D eigenvalue weighted by molar-refractivity contribution is 0.00233. The van der Waals surface area contributed by atoms with Gasteiger partial charge in [-0.05, 0) is 17.0 Å². The van der Waals surface area contributed by atoms with Gasteiger partial charge in [-0.3, -0.25) is 14.8 Å². The van der Waals surface area contributed by atoms with Gasteiger partial charge in [0.05, 0.1) is 0 Å². The Labute approximate surface area is 119 Å². The maximum absolute atomic E-state index is 6.63. The van der Waals surface area contributed by atoms with E-state index in [0.29, 0.717) is 6.04 Å². The lowest BCUT2D eigenvalue weighted by Gasteiger charge is -2.49. The monoisotopic (exact) mass is 268 g/mol. The first-order valence-corrected chi connectivity index (χ1v) is 7.37. The highest BCUT2D eigenvalue weighted by Gasteiger charge is 2.36. The average molecular weight is 268 g/mol. The molecule has 0 spiro atoms. The van der Waals surface area contributed by atoms with Crippen molar-refractivity contribution in [2.24, 2.45) is 5.73 Å². The van der Waals surface area contributed by atoms with Crippen LogP contribution in [0.15, 0.2) is 36.7 Å². The zero-order valence-corrected chi connectivity index (χ0v) is 11.6. The fraction of sp³-hybridized carbons (Fsp3) is 0.438. The molecule has 3 saturated heterocycles. The van der Waals surface area contributed by atoms with Crippen LogP contribution in [0.1, 0.15) is 11.6 Å². The molecule has 0 amide bonds. The summed E-state index contributed by atoms with van der Waals surface area (Å²) < 4.78 is 0. The van der Waals surface area contributed by atoms with Crippen LogP contribution in [0.3, 0.4) is 0 Å². The SMILES string of the molecule is NC(c1cccc2ccncc12)C1CN2CCN1CC2. The smallest absolute Gasteiger partial charge is 0.0472 e. The molecule has 0 aliphatic carbocycles. The van der Waals surface area contributed by atoms with Crippen molar-refractivity contribution >= 4 is 10.8 Å². The van der Waals surface area contributed by atoms with Crippen LogP contribution in [0.5, 0.6) is 0 Å². The maximum atomic E-state index is 6.63. The Balaban J connectivity index is 1.72. The quantitative estimate of drug-likeness (QED) is 0.890. The van der Waals surface area contributed by atoms with E-state index in [1.165, 1.54) is 29.4 Å². The minimum absolute atomic E-state index is 0.0611. The summed E-state index contributed by atoms with van der Waals surface area (Å²) >= 11 is 0. The van der Waals surface area contributed by atoms with Gasteiger partial charge in [-0.25, -0.2) is 0 Å². The lowest BCUT2D eigenvalue weighted by Crippen LogP contribution is -2.63. The van der Waals surface area contributed by atoms with Crippen molar-refractivity contribution in [3.8, 4) is 0 Å². The second kappa shape index (κ2) is 4.81. The van der Waals surface area contributed by atoms with E-state index in [1.54, 1.807) is 0 Å². The maximum Gasteiger partial charge on any atom is 0.0472 e. The molecule has 3 fully saturated rings. The molecule has 5 rings (SSSR count). The van der Waals surface area contributed by atoms with E-state index in [0.717, 1.165) is 19.6 Å². The molecule has 3 aliphatic heterocycles. The zero-order valence-electron chi connectivity index (χ0n) is 11.6. The molecule has 3 aliphatic rings. The van der Waals surface area contributed by atoms with Crippen LogP contribution in [0.25, 0.3) is 10.8 Å². The van der Waals surface area contributed by atoms with Gasteiger partial charge in [0.15, 0.2) is 0 Å². The summed E-state index contributed by atoms with van der Waals surface area (Å²) in [5, 5.41) is 2.42. The van der Waals surface area contributed by atoms with E-state index in [9.17, 15) is 0 Å². The number of benzene rings is 1. The lowest BCUT2D eigenvalue weighted by atomic mass is 9.92. The topological polar surface area (TPSA) is 45.4 Å². The summed E-state index contributed by atoms with van der Waals surface area (Å²) in [4.78, 5) is 9.36. The molecule has 2 unspecified atom stereocenters. The van der Waals surface area contributed by atoms with Crippen molar-refractivity contribution in [3.05, 3.63) is 42.2 Å². The highest BCUT2D eigenvalue weighted by atomic mass is 15.3. The van der Waals surface area contributed by atoms with Crippen LogP contribution in [0, 0.1) is 0 Å². The fourth-order valence-corrected chi connectivity index (χ4v) is 3.63. The summed E-state index contributed by atoms with van der Waals surface area (Å²) in [6, 6.07) is 8.95. The van der Waals surface area contributed by atoms with Gasteiger partial charge in [0, 0.05) is 62.6 Å². The predicted molar refractivity (Wildman–Crippen MR) is 80.5 cm³/mol. The number of pyridine rings is 1. The molecule has 2 N–H and O–H groups in total. The van der Waals surface area contributed by atoms with E-state index in [2.05, 4.69) is 39.0 Å². The third-order valence-corrected chi connectivity index (χ3v) is 4.81. The van der Waals surface area contributed by atoms with Crippen molar-refractivity contribution < 1.29 is 0 Å². The molecule has 4 heteroatoms. The van der Waals surface area contributed by atoms with Crippen LogP contribution < -0.4 is 5.73 Å². The number of nitrogens with two attached hydrogens (primary N) is 1. The molecule has 1 aromatic heterocycles. The van der Waals surface area contributed by atoms with Crippen LogP contribution in [0.4, 0.5) is 0 Å². The second-order valence-corrected chi connectivity index (χ2v) is 5.87. The summed E-state index contributed by atoms with van der Waals surface area (Å²) in [5.41, 5.74) is 7.86. The van der Waals surface area contributed by atoms with E-state index in [-0.39, 0.29) is 6.04 Å². The summed E-state index contributed by atoms with van der Waals surface area (Å²) in [6.07, 6.45) is 3.79. The highest BCUT2D eigenvalue weighted by Crippen LogP contribution is 2.29. The Morgan fingerprint density at radius 1 is 1.15 bits per heavy atom. The molecule has 2 aromatic rings. The van der Waals surface area contributed by atoms with Crippen LogP contribution >= 0.6 is 0 Å². The zero-order chi connectivity index (χ0) is 13.5. The number of nitrogens with zero attached hydrogens (tertiary/aromatic N) is 3. The van der Waals surface area contributed by atoms with Gasteiger partial charge in [0.1, 0.15) is 0 Å². The third kappa shape index (κ3) is 1.92. The minimum Gasteiger partial charge on any atom is -0.323 e. The number of hydrogen-bond donors (Lipinski definition) is 1. The number of rotatable bonds is 2. The summed E-state index contributed by atoms with van der Waals surface area (Å²) in [5.74, 6) is 0. The summed E-state index contributed by atoms with van der Waals surface area (Å²) in [6.45, 7) is 5.79. The number of hydrogen-bond acceptors (Lipinski definition) is 4. The van der Waals surface area contributed by atoms with Gasteiger partial charge in [-0.15, -0.1) is 0 Å². The molecular formula is C16H20N4. The Morgan fingerprint density at radius 3 is 2.75 bits per heavy atom. The number of fused-ring (bicyclic) bond motifs is 4. The average Bonchev–Trinajstić information content (AvgIpc) is 2.54. The molecule has 4 nitrogen and oxygen atoms in total. The van der Waals surface area contributed by atoms with Crippen molar-refractivity contribution in [2.75, 3.05) is 32.7 Å². The van der Waals surface area contributed by atoms with Gasteiger partial charge in [-0.2, -0.15) is 0 Å². The van der Waals surface area contributed by atoms with Crippen LogP contribution in [0.2, 0.25) is 0 Å². The summed E-state index contributed by atoms with van der Waals surface area (Å²) in [7, 11) is 0. The minimum atomic E-state index is 0.0611. The molecule has 2 atom stereocenters. The molecule has 0 saturated carbocycles. The van der Waals surface area contributed by atoms with E-state index < -0.39 is 0 Å². The van der Waals surface area contributed by atoms with Gasteiger partial charge < -0.3 is 5.73 Å². The van der Waals surface area contributed by atoms with Gasteiger partial charge in [-0.1, -0.05) is 18.2 Å². The van der Waals surface area contributed by atoms with E-state index in [4.69, 9.17) is 5.73 Å². The second-order valence-electron chi connectivity index (χ2n) is 5.87. The van der Waals surface area contributed by atoms with Crippen molar-refractivity contribution in [1.82, 2.24) is 14.8 Å². The molecule has 1 aromatic carbocycles. The number of piperazine rings is 3. The standard InChI is InChI=1S/C16H20N4/c17-16(15-11-19-6-8-20(15)9-7-19)13-3-1-2-12-4-5-18-10-14(12)13/h1-5,10,15-16H,6-9,11,17H2. The number of aromatic nitrogens is 1. The van der Waals surface area contributed by atoms with Gasteiger partial charge in [0.25, 0.3) is 0 Å². The normalized spacial score (nSPS) is 30.6. The van der Waals surface area contributed by atoms with Crippen LogP contribution in [-0.2, 0) is 0 Å². The molecule has 0 radical (unpaired) electrons. The Kier molecular flexibility index (Phi) is 2.95. The van der Waals surface area contributed by atoms with Gasteiger partial charge in [0.2, 0.25) is 0 Å². The first-order chi connectivity index (χ1) is 9.83. The molecule has 2 bridgehead atoms. The van der Waals surface area contributed by atoms with E-state index in [1.807, 2.05) is 12.4 Å². The van der Waals surface area contributed by atoms with E-state index >= 15 is 0 Å². The predicted octanol–water partition coefficient (Wildman–Crippen LogP) is 1.23. The Hall–Kier alpha value is -1.49.